The quantitative estimate of drug-likeness (QED) is 0.503. The van der Waals surface area contributed by atoms with E-state index in [0.29, 0.717) is 6.10 Å². The molecule has 0 aromatic heterocycles. The first-order chi connectivity index (χ1) is 4.88. The number of ether oxygens (including phenoxy) is 1. The summed E-state index contributed by atoms with van der Waals surface area (Å²) < 4.78 is 5.53. The highest BCUT2D eigenvalue weighted by Crippen LogP contribution is 2.25. The maximum Gasteiger partial charge on any atom is 0.0997 e. The van der Waals surface area contributed by atoms with E-state index in [1.54, 1.807) is 0 Å². The first kappa shape index (κ1) is 6.62. The zero-order valence-electron chi connectivity index (χ0n) is 6.55. The van der Waals surface area contributed by atoms with Crippen LogP contribution in [0.3, 0.4) is 0 Å². The smallest absolute Gasteiger partial charge is 0.0997 e. The average molecular weight is 141 g/mol. The zero-order valence-corrected chi connectivity index (χ0v) is 6.55. The van der Waals surface area contributed by atoms with Gasteiger partial charge in [0, 0.05) is 12.6 Å². The van der Waals surface area contributed by atoms with E-state index in [-0.39, 0.29) is 0 Å². The van der Waals surface area contributed by atoms with Gasteiger partial charge in [0.2, 0.25) is 0 Å². The van der Waals surface area contributed by atoms with Crippen molar-refractivity contribution in [2.75, 3.05) is 13.3 Å². The normalized spacial score (nSPS) is 41.7. The van der Waals surface area contributed by atoms with Gasteiger partial charge in [-0.3, -0.25) is 4.90 Å². The SMILES string of the molecule is CC1OCN2CCCCC12. The molecule has 0 amide bonds. The van der Waals surface area contributed by atoms with Crippen LogP contribution in [0.4, 0.5) is 0 Å². The van der Waals surface area contributed by atoms with E-state index in [4.69, 9.17) is 4.74 Å². The Morgan fingerprint density at radius 2 is 2.30 bits per heavy atom. The third-order valence-electron chi connectivity index (χ3n) is 2.71. The van der Waals surface area contributed by atoms with E-state index >= 15 is 0 Å². The number of nitrogens with zero attached hydrogens (tertiary/aromatic N) is 1. The molecule has 0 aliphatic carbocycles. The second-order valence-electron chi connectivity index (χ2n) is 3.38. The van der Waals surface area contributed by atoms with Crippen LogP contribution in [0, 0.1) is 0 Å². The molecule has 2 heterocycles. The van der Waals surface area contributed by atoms with Crippen molar-refractivity contribution in [1.29, 1.82) is 0 Å². The highest BCUT2D eigenvalue weighted by molar-refractivity contribution is 4.84. The lowest BCUT2D eigenvalue weighted by Crippen LogP contribution is -2.37. The van der Waals surface area contributed by atoms with Crippen LogP contribution in [0.5, 0.6) is 0 Å². The van der Waals surface area contributed by atoms with Crippen molar-refractivity contribution in [3.05, 3.63) is 0 Å². The molecule has 2 aliphatic rings. The molecule has 0 spiro atoms. The minimum Gasteiger partial charge on any atom is -0.361 e. The number of hydrogen-bond donors (Lipinski definition) is 0. The molecule has 2 rings (SSSR count). The van der Waals surface area contributed by atoms with Crippen LogP contribution >= 0.6 is 0 Å². The first-order valence-electron chi connectivity index (χ1n) is 4.23. The number of hydrogen-bond acceptors (Lipinski definition) is 2. The Bertz CT molecular complexity index is 124. The standard InChI is InChI=1S/C8H15NO/c1-7-8-4-2-3-5-9(8)6-10-7/h7-8H,2-6H2,1H3. The fourth-order valence-electron chi connectivity index (χ4n) is 2.03. The van der Waals surface area contributed by atoms with Gasteiger partial charge in [-0.25, -0.2) is 0 Å². The molecule has 2 nitrogen and oxygen atoms in total. The van der Waals surface area contributed by atoms with Gasteiger partial charge in [0.15, 0.2) is 0 Å². The molecule has 2 saturated heterocycles. The Hall–Kier alpha value is -0.0800. The predicted molar refractivity (Wildman–Crippen MR) is 39.8 cm³/mol. The van der Waals surface area contributed by atoms with E-state index in [0.717, 1.165) is 12.8 Å². The molecule has 0 aromatic carbocycles. The molecule has 0 radical (unpaired) electrons. The summed E-state index contributed by atoms with van der Waals surface area (Å²) in [5, 5.41) is 0. The number of rotatable bonds is 0. The molecule has 2 atom stereocenters. The van der Waals surface area contributed by atoms with Gasteiger partial charge in [-0.15, -0.1) is 0 Å². The summed E-state index contributed by atoms with van der Waals surface area (Å²) >= 11 is 0. The van der Waals surface area contributed by atoms with Crippen molar-refractivity contribution in [3.63, 3.8) is 0 Å². The Labute approximate surface area is 62.2 Å². The summed E-state index contributed by atoms with van der Waals surface area (Å²) in [4.78, 5) is 2.47. The Kier molecular flexibility index (Phi) is 1.66. The summed E-state index contributed by atoms with van der Waals surface area (Å²) in [5.74, 6) is 0. The Morgan fingerprint density at radius 3 is 3.10 bits per heavy atom. The molecule has 10 heavy (non-hydrogen) atoms. The molecular formula is C8H15NO. The second kappa shape index (κ2) is 2.51. The van der Waals surface area contributed by atoms with E-state index < -0.39 is 0 Å². The molecular weight excluding hydrogens is 126 g/mol. The minimum atomic E-state index is 0.486. The zero-order chi connectivity index (χ0) is 6.97. The van der Waals surface area contributed by atoms with Gasteiger partial charge >= 0.3 is 0 Å². The van der Waals surface area contributed by atoms with Gasteiger partial charge in [0.1, 0.15) is 0 Å². The summed E-state index contributed by atoms with van der Waals surface area (Å²) in [7, 11) is 0. The van der Waals surface area contributed by atoms with Gasteiger partial charge < -0.3 is 4.74 Å². The molecule has 2 unspecified atom stereocenters. The van der Waals surface area contributed by atoms with Gasteiger partial charge in [-0.05, 0) is 19.8 Å². The molecule has 0 saturated carbocycles. The fourth-order valence-corrected chi connectivity index (χ4v) is 2.03. The van der Waals surface area contributed by atoms with Crippen LogP contribution in [0.15, 0.2) is 0 Å². The number of fused-ring (bicyclic) bond motifs is 1. The minimum absolute atomic E-state index is 0.486. The summed E-state index contributed by atoms with van der Waals surface area (Å²) in [5.41, 5.74) is 0. The second-order valence-corrected chi connectivity index (χ2v) is 3.38. The van der Waals surface area contributed by atoms with Crippen LogP contribution in [0.2, 0.25) is 0 Å². The molecule has 0 aromatic rings. The molecule has 0 N–H and O–H groups in total. The third-order valence-corrected chi connectivity index (χ3v) is 2.71. The summed E-state index contributed by atoms with van der Waals surface area (Å²) in [6.07, 6.45) is 4.60. The van der Waals surface area contributed by atoms with Crippen molar-refractivity contribution >= 4 is 0 Å². The maximum absolute atomic E-state index is 5.53. The van der Waals surface area contributed by atoms with Crippen molar-refractivity contribution in [3.8, 4) is 0 Å². The number of piperidine rings is 1. The lowest BCUT2D eigenvalue weighted by atomic mass is 10.0. The van der Waals surface area contributed by atoms with E-state index in [1.807, 2.05) is 0 Å². The highest BCUT2D eigenvalue weighted by atomic mass is 16.5. The van der Waals surface area contributed by atoms with Crippen LogP contribution in [-0.2, 0) is 4.74 Å². The van der Waals surface area contributed by atoms with Crippen molar-refractivity contribution in [2.24, 2.45) is 0 Å². The molecule has 2 fully saturated rings. The molecule has 2 heteroatoms. The maximum atomic E-state index is 5.53. The average Bonchev–Trinajstić information content (AvgIpc) is 2.34. The van der Waals surface area contributed by atoms with Crippen LogP contribution in [0.1, 0.15) is 26.2 Å². The van der Waals surface area contributed by atoms with Gasteiger partial charge in [-0.1, -0.05) is 6.42 Å². The third kappa shape index (κ3) is 0.956. The fraction of sp³-hybridized carbons (Fsp3) is 1.00. The Balaban J connectivity index is 2.01. The van der Waals surface area contributed by atoms with Gasteiger partial charge in [0.05, 0.1) is 12.8 Å². The molecule has 0 bridgehead atoms. The van der Waals surface area contributed by atoms with Crippen LogP contribution in [0.25, 0.3) is 0 Å². The van der Waals surface area contributed by atoms with Crippen molar-refractivity contribution < 1.29 is 4.74 Å². The Morgan fingerprint density at radius 1 is 1.40 bits per heavy atom. The molecule has 2 aliphatic heterocycles. The lowest BCUT2D eigenvalue weighted by Gasteiger charge is -2.28. The summed E-state index contributed by atoms with van der Waals surface area (Å²) in [6.45, 7) is 4.33. The lowest BCUT2D eigenvalue weighted by molar-refractivity contribution is 0.0991. The van der Waals surface area contributed by atoms with Crippen molar-refractivity contribution in [2.45, 2.75) is 38.3 Å². The largest absolute Gasteiger partial charge is 0.361 e. The highest BCUT2D eigenvalue weighted by Gasteiger charge is 2.33. The van der Waals surface area contributed by atoms with Gasteiger partial charge in [0.25, 0.3) is 0 Å². The monoisotopic (exact) mass is 141 g/mol. The first-order valence-corrected chi connectivity index (χ1v) is 4.23. The van der Waals surface area contributed by atoms with Gasteiger partial charge in [-0.2, -0.15) is 0 Å². The van der Waals surface area contributed by atoms with Crippen LogP contribution in [-0.4, -0.2) is 30.3 Å². The van der Waals surface area contributed by atoms with Crippen LogP contribution < -0.4 is 0 Å². The van der Waals surface area contributed by atoms with E-state index in [2.05, 4.69) is 11.8 Å². The molecule has 58 valence electrons. The summed E-state index contributed by atoms with van der Waals surface area (Å²) in [6, 6.07) is 0.744. The predicted octanol–water partition coefficient (Wildman–Crippen LogP) is 1.22. The van der Waals surface area contributed by atoms with E-state index in [1.165, 1.54) is 25.8 Å². The topological polar surface area (TPSA) is 12.5 Å². The van der Waals surface area contributed by atoms with E-state index in [9.17, 15) is 0 Å². The van der Waals surface area contributed by atoms with Crippen molar-refractivity contribution in [1.82, 2.24) is 4.90 Å².